The molecule has 0 spiro atoms. The van der Waals surface area contributed by atoms with Gasteiger partial charge >= 0.3 is 0 Å². The Kier molecular flexibility index (Phi) is 7.00. The second kappa shape index (κ2) is 12.1. The lowest BCUT2D eigenvalue weighted by atomic mass is 10.0. The summed E-state index contributed by atoms with van der Waals surface area (Å²) < 4.78 is 22.6. The third kappa shape index (κ3) is 4.96. The Morgan fingerprint density at radius 3 is 1.75 bits per heavy atom. The number of furan rings is 1. The van der Waals surface area contributed by atoms with Gasteiger partial charge in [0.15, 0.2) is 5.58 Å². The number of nitrogens with zero attached hydrogens (tertiary/aromatic N) is 2. The fourth-order valence-electron chi connectivity index (χ4n) is 7.59. The van der Waals surface area contributed by atoms with Crippen LogP contribution < -0.4 is 4.90 Å². The summed E-state index contributed by atoms with van der Waals surface area (Å²) in [6.07, 6.45) is 0. The minimum absolute atomic E-state index is 0.243. The Balaban J connectivity index is 1.09. The first-order valence-corrected chi connectivity index (χ1v) is 17.5. The summed E-state index contributed by atoms with van der Waals surface area (Å²) in [6.45, 7) is 0. The average Bonchev–Trinajstić information content (AvgIpc) is 3.75. The van der Waals surface area contributed by atoms with Crippen LogP contribution in [0.1, 0.15) is 0 Å². The molecule has 3 nitrogen and oxygen atoms in total. The van der Waals surface area contributed by atoms with E-state index in [1.807, 2.05) is 36.4 Å². The number of halogens is 1. The summed E-state index contributed by atoms with van der Waals surface area (Å²) in [7, 11) is 0. The van der Waals surface area contributed by atoms with Gasteiger partial charge in [-0.3, -0.25) is 0 Å². The predicted molar refractivity (Wildman–Crippen MR) is 214 cm³/mol. The summed E-state index contributed by atoms with van der Waals surface area (Å²) in [5.74, 6) is -0.243. The maximum Gasteiger partial charge on any atom is 0.159 e. The zero-order chi connectivity index (χ0) is 34.6. The molecule has 0 aliphatic heterocycles. The highest BCUT2D eigenvalue weighted by Gasteiger charge is 2.20. The first kappa shape index (κ1) is 30.0. The molecule has 10 rings (SSSR count). The minimum atomic E-state index is -0.243. The summed E-state index contributed by atoms with van der Waals surface area (Å²) in [5, 5.41) is 4.50. The largest absolute Gasteiger partial charge is 0.454 e. The highest BCUT2D eigenvalue weighted by Crippen LogP contribution is 2.43. The molecule has 4 heteroatoms. The lowest BCUT2D eigenvalue weighted by Crippen LogP contribution is -2.10. The fraction of sp³-hybridized carbons (Fsp3) is 0. The second-order valence-electron chi connectivity index (χ2n) is 13.1. The topological polar surface area (TPSA) is 21.3 Å². The number of hydrogen-bond donors (Lipinski definition) is 0. The molecule has 0 fully saturated rings. The molecule has 0 N–H and O–H groups in total. The molecule has 8 aromatic carbocycles. The molecular weight excluding hydrogens is 640 g/mol. The van der Waals surface area contributed by atoms with Crippen molar-refractivity contribution in [2.45, 2.75) is 0 Å². The molecule has 0 bridgehead atoms. The molecule has 0 saturated carbocycles. The van der Waals surface area contributed by atoms with Crippen LogP contribution in [0.5, 0.6) is 0 Å². The van der Waals surface area contributed by atoms with Gasteiger partial charge < -0.3 is 13.9 Å². The van der Waals surface area contributed by atoms with E-state index in [1.54, 1.807) is 0 Å². The highest BCUT2D eigenvalue weighted by molar-refractivity contribution is 6.11. The second-order valence-corrected chi connectivity index (χ2v) is 13.1. The summed E-state index contributed by atoms with van der Waals surface area (Å²) in [4.78, 5) is 2.28. The van der Waals surface area contributed by atoms with Crippen molar-refractivity contribution in [1.82, 2.24) is 4.57 Å². The van der Waals surface area contributed by atoms with Crippen LogP contribution in [-0.2, 0) is 0 Å². The Bertz CT molecular complexity index is 2890. The molecule has 2 heterocycles. The van der Waals surface area contributed by atoms with Crippen LogP contribution in [0.2, 0.25) is 0 Å². The number of para-hydroxylation sites is 3. The number of fused-ring (bicyclic) bond motifs is 6. The van der Waals surface area contributed by atoms with Crippen LogP contribution >= 0.6 is 0 Å². The molecule has 0 aliphatic carbocycles. The number of benzene rings is 8. The average molecular weight is 671 g/mol. The van der Waals surface area contributed by atoms with Crippen molar-refractivity contribution in [2.24, 2.45) is 0 Å². The van der Waals surface area contributed by atoms with Crippen molar-refractivity contribution in [3.8, 4) is 27.9 Å². The third-order valence-electron chi connectivity index (χ3n) is 10.1. The van der Waals surface area contributed by atoms with Gasteiger partial charge in [-0.2, -0.15) is 0 Å². The van der Waals surface area contributed by atoms with E-state index in [1.165, 1.54) is 17.7 Å². The summed E-state index contributed by atoms with van der Waals surface area (Å²) >= 11 is 0. The van der Waals surface area contributed by atoms with Crippen LogP contribution in [0.3, 0.4) is 0 Å². The Morgan fingerprint density at radius 1 is 0.423 bits per heavy atom. The van der Waals surface area contributed by atoms with Crippen LogP contribution in [0.4, 0.5) is 21.5 Å². The molecule has 0 aliphatic rings. The zero-order valence-corrected chi connectivity index (χ0v) is 28.1. The Morgan fingerprint density at radius 2 is 1.00 bits per heavy atom. The van der Waals surface area contributed by atoms with Crippen molar-refractivity contribution < 1.29 is 8.81 Å². The van der Waals surface area contributed by atoms with Gasteiger partial charge in [-0.15, -0.1) is 0 Å². The van der Waals surface area contributed by atoms with Crippen molar-refractivity contribution in [3.63, 3.8) is 0 Å². The zero-order valence-electron chi connectivity index (χ0n) is 28.1. The monoisotopic (exact) mass is 670 g/mol. The standard InChI is InChI=1S/C48H31FN2O/c49-36-22-28-39(29-23-36)51-44-14-6-4-11-40(44)43-31-35(21-30-45(43)51)34-19-26-38(27-20-34)50(37-24-17-33(18-25-37)32-9-2-1-3-10-32)46-15-8-13-42-41-12-5-7-16-47(41)52-48(42)46/h1-31H. The molecule has 0 unspecified atom stereocenters. The third-order valence-corrected chi connectivity index (χ3v) is 10.1. The van der Waals surface area contributed by atoms with Crippen molar-refractivity contribution in [1.29, 1.82) is 0 Å². The van der Waals surface area contributed by atoms with Gasteiger partial charge in [0.1, 0.15) is 11.4 Å². The lowest BCUT2D eigenvalue weighted by molar-refractivity contribution is 0.627. The maximum atomic E-state index is 13.8. The van der Waals surface area contributed by atoms with Crippen LogP contribution in [0.15, 0.2) is 192 Å². The first-order valence-electron chi connectivity index (χ1n) is 17.5. The molecule has 0 atom stereocenters. The highest BCUT2D eigenvalue weighted by atomic mass is 19.1. The normalized spacial score (nSPS) is 11.6. The van der Waals surface area contributed by atoms with E-state index in [-0.39, 0.29) is 5.82 Å². The first-order chi connectivity index (χ1) is 25.7. The number of rotatable bonds is 6. The molecule has 0 amide bonds. The van der Waals surface area contributed by atoms with Gasteiger partial charge in [-0.1, -0.05) is 109 Å². The van der Waals surface area contributed by atoms with Gasteiger partial charge in [-0.05, 0) is 101 Å². The van der Waals surface area contributed by atoms with Gasteiger partial charge in [0.2, 0.25) is 0 Å². The molecule has 52 heavy (non-hydrogen) atoms. The molecule has 2 aromatic heterocycles. The SMILES string of the molecule is Fc1ccc(-n2c3ccccc3c3cc(-c4ccc(N(c5ccc(-c6ccccc6)cc5)c5cccc6c5oc5ccccc56)cc4)ccc32)cc1. The van der Waals surface area contributed by atoms with Crippen molar-refractivity contribution in [3.05, 3.63) is 194 Å². The van der Waals surface area contributed by atoms with Gasteiger partial charge in [0, 0.05) is 38.6 Å². The fourth-order valence-corrected chi connectivity index (χ4v) is 7.59. The molecule has 0 radical (unpaired) electrons. The van der Waals surface area contributed by atoms with E-state index in [2.05, 4.69) is 149 Å². The predicted octanol–water partition coefficient (Wildman–Crippen LogP) is 13.6. The van der Waals surface area contributed by atoms with E-state index in [9.17, 15) is 4.39 Å². The quantitative estimate of drug-likeness (QED) is 0.176. The van der Waals surface area contributed by atoms with Gasteiger partial charge in [0.05, 0.1) is 16.7 Å². The maximum absolute atomic E-state index is 13.8. The van der Waals surface area contributed by atoms with Crippen LogP contribution in [-0.4, -0.2) is 4.57 Å². The van der Waals surface area contributed by atoms with E-state index in [0.29, 0.717) is 0 Å². The summed E-state index contributed by atoms with van der Waals surface area (Å²) in [6, 6.07) is 64.3. The van der Waals surface area contributed by atoms with Gasteiger partial charge in [0.25, 0.3) is 0 Å². The lowest BCUT2D eigenvalue weighted by Gasteiger charge is -2.26. The number of hydrogen-bond acceptors (Lipinski definition) is 2. The Labute approximate surface area is 300 Å². The van der Waals surface area contributed by atoms with Crippen LogP contribution in [0, 0.1) is 5.82 Å². The van der Waals surface area contributed by atoms with E-state index in [0.717, 1.165) is 83.2 Å². The van der Waals surface area contributed by atoms with Gasteiger partial charge in [-0.25, -0.2) is 4.39 Å². The molecule has 246 valence electrons. The van der Waals surface area contributed by atoms with Crippen LogP contribution in [0.25, 0.3) is 71.7 Å². The molecule has 0 saturated heterocycles. The Hall–Kier alpha value is -6.91. The summed E-state index contributed by atoms with van der Waals surface area (Å²) in [5.41, 5.74) is 12.4. The minimum Gasteiger partial charge on any atom is -0.454 e. The van der Waals surface area contributed by atoms with E-state index >= 15 is 0 Å². The molecule has 10 aromatic rings. The van der Waals surface area contributed by atoms with Crippen molar-refractivity contribution >= 4 is 60.8 Å². The smallest absolute Gasteiger partial charge is 0.159 e. The van der Waals surface area contributed by atoms with Crippen molar-refractivity contribution in [2.75, 3.05) is 4.90 Å². The van der Waals surface area contributed by atoms with E-state index in [4.69, 9.17) is 4.42 Å². The van der Waals surface area contributed by atoms with E-state index < -0.39 is 0 Å². The number of aromatic nitrogens is 1. The molecular formula is C48H31FN2O. The number of anilines is 3.